The molecule has 0 radical (unpaired) electrons. The molecule has 0 aromatic carbocycles. The summed E-state index contributed by atoms with van der Waals surface area (Å²) in [5, 5.41) is 7.02. The zero-order valence-electron chi connectivity index (χ0n) is 15.6. The Morgan fingerprint density at radius 2 is 2.30 bits per heavy atom. The van der Waals surface area contributed by atoms with Crippen LogP contribution in [0.1, 0.15) is 23.3 Å². The van der Waals surface area contributed by atoms with Crippen LogP contribution < -0.4 is 15.0 Å². The van der Waals surface area contributed by atoms with Gasteiger partial charge in [0.2, 0.25) is 5.88 Å². The summed E-state index contributed by atoms with van der Waals surface area (Å²) in [7, 11) is 3.36. The molecule has 9 nitrogen and oxygen atoms in total. The molecule has 144 valence electrons. The van der Waals surface area contributed by atoms with Crippen molar-refractivity contribution in [3.05, 3.63) is 30.4 Å². The number of nitrogens with zero attached hydrogens (tertiary/aromatic N) is 5. The van der Waals surface area contributed by atoms with Gasteiger partial charge in [-0.25, -0.2) is 9.97 Å². The average molecular weight is 372 g/mol. The third-order valence-electron chi connectivity index (χ3n) is 5.51. The number of aromatic nitrogens is 4. The normalized spacial score (nSPS) is 20.5. The maximum atomic E-state index is 12.2. The van der Waals surface area contributed by atoms with Crippen LogP contribution in [0.25, 0.3) is 0 Å². The summed E-state index contributed by atoms with van der Waals surface area (Å²) in [5.74, 6) is 1.74. The third-order valence-corrected chi connectivity index (χ3v) is 5.51. The molecule has 1 N–H and O–H groups in total. The average Bonchev–Trinajstić information content (AvgIpc) is 3.26. The number of hydrogen-bond acceptors (Lipinski definition) is 7. The lowest BCUT2D eigenvalue weighted by Gasteiger charge is -2.50. The highest BCUT2D eigenvalue weighted by Gasteiger charge is 2.53. The van der Waals surface area contributed by atoms with Gasteiger partial charge in [-0.15, -0.1) is 0 Å². The van der Waals surface area contributed by atoms with Crippen LogP contribution in [0.15, 0.2) is 24.7 Å². The Bertz CT molecular complexity index is 817. The van der Waals surface area contributed by atoms with E-state index in [9.17, 15) is 4.79 Å². The van der Waals surface area contributed by atoms with Crippen molar-refractivity contribution >= 4 is 11.7 Å². The molecule has 2 aromatic heterocycles. The summed E-state index contributed by atoms with van der Waals surface area (Å²) >= 11 is 0. The summed E-state index contributed by atoms with van der Waals surface area (Å²) in [5.41, 5.74) is 0.426. The minimum atomic E-state index is -0.143. The molecule has 1 atom stereocenters. The van der Waals surface area contributed by atoms with E-state index in [2.05, 4.69) is 25.3 Å². The van der Waals surface area contributed by atoms with Crippen molar-refractivity contribution in [2.75, 3.05) is 38.3 Å². The van der Waals surface area contributed by atoms with Crippen LogP contribution in [0.3, 0.4) is 0 Å². The smallest absolute Gasteiger partial charge is 0.269 e. The van der Waals surface area contributed by atoms with Crippen LogP contribution in [0.4, 0.5) is 5.82 Å². The van der Waals surface area contributed by atoms with Gasteiger partial charge in [0.15, 0.2) is 0 Å². The molecule has 0 unspecified atom stereocenters. The summed E-state index contributed by atoms with van der Waals surface area (Å²) in [6.45, 7) is 2.99. The van der Waals surface area contributed by atoms with E-state index in [1.165, 1.54) is 6.33 Å². The zero-order valence-corrected chi connectivity index (χ0v) is 15.6. The molecule has 4 heterocycles. The van der Waals surface area contributed by atoms with Gasteiger partial charge in [-0.05, 0) is 24.8 Å². The molecule has 0 aliphatic carbocycles. The van der Waals surface area contributed by atoms with E-state index in [0.717, 1.165) is 38.4 Å². The molecule has 9 heteroatoms. The number of aryl methyl sites for hydroxylation is 1. The van der Waals surface area contributed by atoms with Crippen molar-refractivity contribution in [1.29, 1.82) is 0 Å². The van der Waals surface area contributed by atoms with Crippen molar-refractivity contribution in [1.82, 2.24) is 25.1 Å². The molecule has 0 bridgehead atoms. The van der Waals surface area contributed by atoms with Crippen LogP contribution in [0, 0.1) is 5.92 Å². The fourth-order valence-electron chi connectivity index (χ4n) is 3.97. The van der Waals surface area contributed by atoms with Gasteiger partial charge in [0.25, 0.3) is 5.91 Å². The summed E-state index contributed by atoms with van der Waals surface area (Å²) in [6, 6.07) is 3.56. The van der Waals surface area contributed by atoms with Crippen LogP contribution in [-0.2, 0) is 11.8 Å². The first-order valence-corrected chi connectivity index (χ1v) is 9.12. The second kappa shape index (κ2) is 7.15. The Kier molecular flexibility index (Phi) is 4.69. The molecule has 2 fully saturated rings. The Morgan fingerprint density at radius 1 is 1.44 bits per heavy atom. The van der Waals surface area contributed by atoms with E-state index in [-0.39, 0.29) is 11.5 Å². The standard InChI is InChI=1S/C18H24N6O3/c1-23-14(4-7-22-23)17(25)19-6-3-13-5-8-27-18(13)10-24(11-18)15-9-16(26-2)21-12-20-15/h4,7,9,12-13H,3,5-6,8,10-11H2,1-2H3,(H,19,25)/t13-/m1/s1. The van der Waals surface area contributed by atoms with Gasteiger partial charge in [-0.2, -0.15) is 5.10 Å². The molecule has 2 saturated heterocycles. The van der Waals surface area contributed by atoms with E-state index in [1.807, 2.05) is 6.07 Å². The van der Waals surface area contributed by atoms with E-state index in [1.54, 1.807) is 31.1 Å². The van der Waals surface area contributed by atoms with Crippen molar-refractivity contribution in [3.8, 4) is 5.88 Å². The van der Waals surface area contributed by atoms with Gasteiger partial charge < -0.3 is 19.7 Å². The molecule has 2 aliphatic rings. The minimum absolute atomic E-state index is 0.0914. The maximum absolute atomic E-state index is 12.2. The molecule has 1 amide bonds. The first kappa shape index (κ1) is 17.7. The fourth-order valence-corrected chi connectivity index (χ4v) is 3.97. The van der Waals surface area contributed by atoms with Gasteiger partial charge in [-0.1, -0.05) is 0 Å². The number of carbonyl (C=O) groups is 1. The van der Waals surface area contributed by atoms with E-state index < -0.39 is 0 Å². The van der Waals surface area contributed by atoms with Crippen LogP contribution in [0.2, 0.25) is 0 Å². The predicted molar refractivity (Wildman–Crippen MR) is 97.7 cm³/mol. The summed E-state index contributed by atoms with van der Waals surface area (Å²) in [4.78, 5) is 22.8. The van der Waals surface area contributed by atoms with Gasteiger partial charge in [0, 0.05) is 32.5 Å². The SMILES string of the molecule is COc1cc(N2CC3(C2)OCC[C@H]3CCNC(=O)c2ccnn2C)ncn1. The number of nitrogens with one attached hydrogen (secondary N) is 1. The number of amides is 1. The van der Waals surface area contributed by atoms with Gasteiger partial charge in [0.1, 0.15) is 23.4 Å². The molecule has 2 aliphatic heterocycles. The minimum Gasteiger partial charge on any atom is -0.481 e. The lowest BCUT2D eigenvalue weighted by Crippen LogP contribution is -2.65. The van der Waals surface area contributed by atoms with Gasteiger partial charge >= 0.3 is 0 Å². The number of carbonyl (C=O) groups excluding carboxylic acids is 1. The number of anilines is 1. The van der Waals surface area contributed by atoms with Crippen molar-refractivity contribution in [2.24, 2.45) is 13.0 Å². The van der Waals surface area contributed by atoms with E-state index in [0.29, 0.717) is 24.0 Å². The highest BCUT2D eigenvalue weighted by Crippen LogP contribution is 2.43. The molecule has 1 spiro atoms. The van der Waals surface area contributed by atoms with Crippen molar-refractivity contribution in [2.45, 2.75) is 18.4 Å². The molecule has 2 aromatic rings. The topological polar surface area (TPSA) is 94.4 Å². The molecule has 27 heavy (non-hydrogen) atoms. The maximum Gasteiger partial charge on any atom is 0.269 e. The summed E-state index contributed by atoms with van der Waals surface area (Å²) < 4.78 is 12.9. The van der Waals surface area contributed by atoms with Crippen LogP contribution in [0.5, 0.6) is 5.88 Å². The highest BCUT2D eigenvalue weighted by molar-refractivity contribution is 5.92. The highest BCUT2D eigenvalue weighted by atomic mass is 16.5. The Balaban J connectivity index is 1.31. The predicted octanol–water partition coefficient (Wildman–Crippen LogP) is 0.634. The first-order chi connectivity index (χ1) is 13.1. The first-order valence-electron chi connectivity index (χ1n) is 9.12. The quantitative estimate of drug-likeness (QED) is 0.795. The Labute approximate surface area is 157 Å². The van der Waals surface area contributed by atoms with Crippen LogP contribution >= 0.6 is 0 Å². The van der Waals surface area contributed by atoms with Crippen molar-refractivity contribution < 1.29 is 14.3 Å². The van der Waals surface area contributed by atoms with Gasteiger partial charge in [-0.3, -0.25) is 9.48 Å². The number of ether oxygens (including phenoxy) is 2. The monoisotopic (exact) mass is 372 g/mol. The lowest BCUT2D eigenvalue weighted by molar-refractivity contribution is -0.0455. The van der Waals surface area contributed by atoms with Gasteiger partial charge in [0.05, 0.1) is 20.2 Å². The van der Waals surface area contributed by atoms with Crippen molar-refractivity contribution in [3.63, 3.8) is 0 Å². The number of hydrogen-bond donors (Lipinski definition) is 1. The fraction of sp³-hybridized carbons (Fsp3) is 0.556. The lowest BCUT2D eigenvalue weighted by atomic mass is 9.79. The largest absolute Gasteiger partial charge is 0.481 e. The molecule has 4 rings (SSSR count). The second-order valence-electron chi connectivity index (χ2n) is 7.06. The Hall–Kier alpha value is -2.68. The van der Waals surface area contributed by atoms with Crippen LogP contribution in [-0.4, -0.2) is 64.6 Å². The molecule has 0 saturated carbocycles. The van der Waals surface area contributed by atoms with E-state index >= 15 is 0 Å². The number of rotatable bonds is 6. The third kappa shape index (κ3) is 3.34. The summed E-state index contributed by atoms with van der Waals surface area (Å²) in [6.07, 6.45) is 5.05. The number of methoxy groups -OCH3 is 1. The zero-order chi connectivity index (χ0) is 18.9. The second-order valence-corrected chi connectivity index (χ2v) is 7.06. The van der Waals surface area contributed by atoms with E-state index in [4.69, 9.17) is 9.47 Å². The molecular weight excluding hydrogens is 348 g/mol. The molecular formula is C18H24N6O3. The Morgan fingerprint density at radius 3 is 3.04 bits per heavy atom.